The molecule has 4 heterocycles. The number of nitrogens with zero attached hydrogens (tertiary/aromatic N) is 6. The zero-order chi connectivity index (χ0) is 24.0. The largest absolute Gasteiger partial charge is 0.374 e. The lowest BCUT2D eigenvalue weighted by Crippen LogP contribution is -2.61. The van der Waals surface area contributed by atoms with E-state index in [-0.39, 0.29) is 22.4 Å². The van der Waals surface area contributed by atoms with Crippen LogP contribution in [0.2, 0.25) is 0 Å². The summed E-state index contributed by atoms with van der Waals surface area (Å²) in [6, 6.07) is -0.512. The Balaban J connectivity index is 1.21. The van der Waals surface area contributed by atoms with E-state index in [9.17, 15) is 4.79 Å². The lowest BCUT2D eigenvalue weighted by atomic mass is 10.0. The Morgan fingerprint density at radius 1 is 1.31 bits per heavy atom. The van der Waals surface area contributed by atoms with Crippen molar-refractivity contribution in [1.82, 2.24) is 20.7 Å². The van der Waals surface area contributed by atoms with Crippen molar-refractivity contribution in [3.8, 4) is 0 Å². The first-order chi connectivity index (χ1) is 17.0. The van der Waals surface area contributed by atoms with Gasteiger partial charge in [-0.15, -0.1) is 0 Å². The summed E-state index contributed by atoms with van der Waals surface area (Å²) in [7, 11) is 0. The highest BCUT2D eigenvalue weighted by Gasteiger charge is 2.57. The number of hydrogen-bond acceptors (Lipinski definition) is 10. The second kappa shape index (κ2) is 8.97. The topological polar surface area (TPSA) is 130 Å². The molecule has 1 aromatic heterocycles. The molecule has 5 aliphatic rings. The second-order valence-corrected chi connectivity index (χ2v) is 10.3. The Hall–Kier alpha value is -2.87. The molecule has 0 bridgehead atoms. The molecule has 0 radical (unpaired) electrons. The summed E-state index contributed by atoms with van der Waals surface area (Å²) in [5, 5.41) is 9.71. The third kappa shape index (κ3) is 4.44. The molecule has 4 N–H and O–H groups in total. The van der Waals surface area contributed by atoms with Crippen LogP contribution in [0, 0.1) is 0 Å². The summed E-state index contributed by atoms with van der Waals surface area (Å²) in [4.78, 5) is 25.4. The number of hydrogen-bond donors (Lipinski definition) is 3. The van der Waals surface area contributed by atoms with Crippen LogP contribution in [0.4, 0.5) is 10.2 Å². The minimum atomic E-state index is -1.26. The Morgan fingerprint density at radius 3 is 2.94 bits per heavy atom. The fourth-order valence-electron chi connectivity index (χ4n) is 5.03. The number of aliphatic imine (C=N–C) groups is 1. The number of quaternary nitrogens is 1. The maximum Gasteiger partial charge on any atom is 0.275 e. The molecule has 1 saturated carbocycles. The number of anilines is 1. The smallest absolute Gasteiger partial charge is 0.275 e. The molecule has 13 heteroatoms. The van der Waals surface area contributed by atoms with Gasteiger partial charge in [-0.05, 0) is 25.0 Å². The van der Waals surface area contributed by atoms with Gasteiger partial charge in [0, 0.05) is 18.2 Å². The lowest BCUT2D eigenvalue weighted by Gasteiger charge is -2.42. The third-order valence-corrected chi connectivity index (χ3v) is 7.77. The highest BCUT2D eigenvalue weighted by atomic mass is 32.2. The fraction of sp³-hybridized carbons (Fsp3) is 0.500. The number of ether oxygens (including phenoxy) is 1. The number of halogens is 1. The highest BCUT2D eigenvalue weighted by Crippen LogP contribution is 2.42. The van der Waals surface area contributed by atoms with Crippen molar-refractivity contribution < 1.29 is 18.5 Å². The Morgan fingerprint density at radius 2 is 2.20 bits per heavy atom. The molecule has 5 atom stereocenters. The zero-order valence-corrected chi connectivity index (χ0v) is 19.8. The second-order valence-electron chi connectivity index (χ2n) is 9.28. The van der Waals surface area contributed by atoms with Gasteiger partial charge in [0.15, 0.2) is 18.0 Å². The van der Waals surface area contributed by atoms with Crippen molar-refractivity contribution in [2.75, 3.05) is 24.0 Å². The molecule has 0 aromatic carbocycles. The summed E-state index contributed by atoms with van der Waals surface area (Å²) >= 11 is 1.51. The molecule has 2 aliphatic carbocycles. The molecule has 35 heavy (non-hydrogen) atoms. The van der Waals surface area contributed by atoms with Crippen LogP contribution in [0.5, 0.6) is 0 Å². The van der Waals surface area contributed by atoms with Gasteiger partial charge in [-0.2, -0.15) is 4.59 Å². The number of carbonyl (C=O) groups is 1. The third-order valence-electron chi connectivity index (χ3n) is 6.84. The maximum atomic E-state index is 15.4. The summed E-state index contributed by atoms with van der Waals surface area (Å²) in [5.41, 5.74) is 9.77. The summed E-state index contributed by atoms with van der Waals surface area (Å²) < 4.78 is 21.7. The van der Waals surface area contributed by atoms with E-state index in [1.54, 1.807) is 23.5 Å². The highest BCUT2D eigenvalue weighted by molar-refractivity contribution is 8.13. The Bertz CT molecular complexity index is 1120. The number of aromatic nitrogens is 2. The minimum absolute atomic E-state index is 0.0243. The average Bonchev–Trinajstić information content (AvgIpc) is 3.35. The number of nitrogens with one attached hydrogen (secondary N) is 2. The number of nitrogens with two attached hydrogens (primary N) is 1. The van der Waals surface area contributed by atoms with E-state index in [1.165, 1.54) is 30.2 Å². The van der Waals surface area contributed by atoms with E-state index < -0.39 is 18.1 Å². The van der Waals surface area contributed by atoms with Crippen LogP contribution >= 0.6 is 11.8 Å². The van der Waals surface area contributed by atoms with Crippen LogP contribution in [-0.2, 0) is 4.74 Å². The van der Waals surface area contributed by atoms with Crippen molar-refractivity contribution in [3.05, 3.63) is 42.0 Å². The monoisotopic (exact) mass is 500 g/mol. The van der Waals surface area contributed by atoms with E-state index in [1.807, 2.05) is 0 Å². The summed E-state index contributed by atoms with van der Waals surface area (Å²) in [6.45, 7) is 1.03. The molecule has 1 amide bonds. The van der Waals surface area contributed by atoms with Crippen molar-refractivity contribution in [2.45, 2.75) is 49.7 Å². The normalized spacial score (nSPS) is 33.9. The number of fused-ring (bicyclic) bond motifs is 1. The number of hydrazine groups is 1. The van der Waals surface area contributed by atoms with Gasteiger partial charge in [0.25, 0.3) is 5.91 Å². The molecule has 1 aromatic rings. The number of alkyl halides is 1. The van der Waals surface area contributed by atoms with Gasteiger partial charge in [0.05, 0.1) is 24.3 Å². The van der Waals surface area contributed by atoms with Gasteiger partial charge in [-0.1, -0.05) is 16.9 Å². The molecule has 5 unspecified atom stereocenters. The SMILES string of the molecule is NC1=N[N+]2(C3C=C(NC(=O)c4cnc(N5C=NCN5)cn4)C=CC3F)CC(OC3CC3)CC2CS1. The summed E-state index contributed by atoms with van der Waals surface area (Å²) in [6.07, 6.45) is 11.4. The molecule has 184 valence electrons. The molecule has 3 aliphatic heterocycles. The van der Waals surface area contributed by atoms with E-state index in [0.717, 1.165) is 25.0 Å². The standard InChI is InChI=1S/C22H26FN9O2S/c23-17-4-1-13(29-21(33)18-7-27-20(8-26-18)31-12-25-11-28-31)5-19(17)32-9-16(34-15-2-3-15)6-14(32)10-35-22(24)30-32/h1,4-5,7-8,12,14-17,19,28H,2-3,6,9-11H2,(H2-,24,29,30,33)/p+1. The minimum Gasteiger partial charge on any atom is -0.374 e. The van der Waals surface area contributed by atoms with Crippen molar-refractivity contribution in [1.29, 1.82) is 0 Å². The first-order valence-corrected chi connectivity index (χ1v) is 12.7. The molecule has 6 rings (SSSR count). The van der Waals surface area contributed by atoms with Gasteiger partial charge >= 0.3 is 0 Å². The van der Waals surface area contributed by atoms with Crippen LogP contribution < -0.4 is 21.5 Å². The molecule has 1 saturated heterocycles. The maximum absolute atomic E-state index is 15.4. The fourth-order valence-corrected chi connectivity index (χ4v) is 6.00. The molecule has 0 spiro atoms. The zero-order valence-electron chi connectivity index (χ0n) is 19.0. The van der Waals surface area contributed by atoms with Gasteiger partial charge < -0.3 is 15.8 Å². The number of thioether (sulfide) groups is 1. The van der Waals surface area contributed by atoms with Crippen LogP contribution in [0.25, 0.3) is 0 Å². The lowest BCUT2D eigenvalue weighted by molar-refractivity contribution is -0.963. The molecular formula is C22H27FN9O2S+. The van der Waals surface area contributed by atoms with Crippen LogP contribution in [0.1, 0.15) is 29.8 Å². The van der Waals surface area contributed by atoms with Crippen molar-refractivity contribution in [3.63, 3.8) is 0 Å². The first-order valence-electron chi connectivity index (χ1n) is 11.7. The number of amides is 1. The van der Waals surface area contributed by atoms with Crippen molar-refractivity contribution >= 4 is 35.0 Å². The van der Waals surface area contributed by atoms with Gasteiger partial charge in [-0.25, -0.2) is 24.8 Å². The number of amidine groups is 1. The number of carbonyl (C=O) groups excluding carboxylic acids is 1. The Kier molecular flexibility index (Phi) is 5.79. The predicted molar refractivity (Wildman–Crippen MR) is 130 cm³/mol. The Labute approximate surface area is 205 Å². The van der Waals surface area contributed by atoms with Gasteiger partial charge in [0.2, 0.25) is 5.17 Å². The van der Waals surface area contributed by atoms with E-state index in [2.05, 4.69) is 25.7 Å². The number of rotatable bonds is 6. The van der Waals surface area contributed by atoms with Crippen LogP contribution in [0.15, 0.2) is 46.4 Å². The molecule has 11 nitrogen and oxygen atoms in total. The van der Waals surface area contributed by atoms with Gasteiger partial charge in [0.1, 0.15) is 37.4 Å². The average molecular weight is 501 g/mol. The number of allylic oxidation sites excluding steroid dienone is 1. The van der Waals surface area contributed by atoms with Gasteiger partial charge in [-0.3, -0.25) is 9.79 Å². The van der Waals surface area contributed by atoms with Crippen LogP contribution in [-0.4, -0.2) is 81.4 Å². The van der Waals surface area contributed by atoms with Crippen molar-refractivity contribution in [2.24, 2.45) is 15.8 Å². The van der Waals surface area contributed by atoms with E-state index in [4.69, 9.17) is 15.6 Å². The first kappa shape index (κ1) is 22.6. The quantitative estimate of drug-likeness (QED) is 0.489. The van der Waals surface area contributed by atoms with E-state index >= 15 is 4.39 Å². The summed E-state index contributed by atoms with van der Waals surface area (Å²) in [5.74, 6) is 0.863. The van der Waals surface area contributed by atoms with Crippen LogP contribution in [0.3, 0.4) is 0 Å². The molecular weight excluding hydrogens is 473 g/mol. The predicted octanol–water partition coefficient (Wildman–Crippen LogP) is 0.790. The van der Waals surface area contributed by atoms with E-state index in [0.29, 0.717) is 36.0 Å². The molecule has 2 fully saturated rings.